The summed E-state index contributed by atoms with van der Waals surface area (Å²) in [5.41, 5.74) is 0. The highest BCUT2D eigenvalue weighted by Crippen LogP contribution is 2.20. The summed E-state index contributed by atoms with van der Waals surface area (Å²) >= 11 is 0. The fourth-order valence-electron chi connectivity index (χ4n) is 3.18. The number of rotatable bonds is 6. The molecule has 6 nitrogen and oxygen atoms in total. The van der Waals surface area contributed by atoms with Crippen molar-refractivity contribution in [2.45, 2.75) is 33.6 Å². The van der Waals surface area contributed by atoms with E-state index in [1.165, 1.54) is 17.0 Å². The largest absolute Gasteiger partial charge is 0.356 e. The van der Waals surface area contributed by atoms with Gasteiger partial charge in [0.2, 0.25) is 10.0 Å². The Labute approximate surface area is 136 Å². The average molecular weight is 333 g/mol. The van der Waals surface area contributed by atoms with Crippen LogP contribution >= 0.6 is 0 Å². The van der Waals surface area contributed by atoms with Gasteiger partial charge in [-0.2, -0.15) is 0 Å². The van der Waals surface area contributed by atoms with Crippen LogP contribution in [0.15, 0.2) is 4.99 Å². The van der Waals surface area contributed by atoms with Crippen LogP contribution in [0.3, 0.4) is 0 Å². The van der Waals surface area contributed by atoms with Crippen LogP contribution in [-0.4, -0.2) is 69.6 Å². The maximum atomic E-state index is 11.5. The Hall–Kier alpha value is -0.820. The fourth-order valence-corrected chi connectivity index (χ4v) is 4.11. The van der Waals surface area contributed by atoms with Crippen molar-refractivity contribution in [2.24, 2.45) is 16.8 Å². The minimum absolute atomic E-state index is 0.523. The topological polar surface area (TPSA) is 65.0 Å². The van der Waals surface area contributed by atoms with E-state index >= 15 is 0 Å². The van der Waals surface area contributed by atoms with Gasteiger partial charge in [0.05, 0.1) is 6.26 Å². The van der Waals surface area contributed by atoms with Gasteiger partial charge in [0.15, 0.2) is 5.96 Å². The summed E-state index contributed by atoms with van der Waals surface area (Å²) in [6.07, 6.45) is 3.31. The number of nitrogens with one attached hydrogen (secondary N) is 1. The Balaban J connectivity index is 2.42. The Bertz CT molecular complexity index is 454. The van der Waals surface area contributed by atoms with Crippen LogP contribution in [0, 0.1) is 11.8 Å². The maximum absolute atomic E-state index is 11.5. The molecule has 0 amide bonds. The van der Waals surface area contributed by atoms with Crippen LogP contribution in [-0.2, 0) is 10.0 Å². The summed E-state index contributed by atoms with van der Waals surface area (Å²) in [5, 5.41) is 3.37. The predicted octanol–water partition coefficient (Wildman–Crippen LogP) is 1.21. The van der Waals surface area contributed by atoms with E-state index in [1.54, 1.807) is 7.05 Å². The summed E-state index contributed by atoms with van der Waals surface area (Å²) < 4.78 is 24.6. The lowest BCUT2D eigenvalue weighted by molar-refractivity contribution is 0.208. The maximum Gasteiger partial charge on any atom is 0.211 e. The first-order valence-corrected chi connectivity index (χ1v) is 10.0. The summed E-state index contributed by atoms with van der Waals surface area (Å²) in [5.74, 6) is 2.30. The number of sulfonamides is 1. The molecule has 1 fully saturated rings. The molecule has 22 heavy (non-hydrogen) atoms. The third-order valence-electron chi connectivity index (χ3n) is 4.07. The quantitative estimate of drug-likeness (QED) is 0.451. The molecular weight excluding hydrogens is 300 g/mol. The minimum Gasteiger partial charge on any atom is -0.356 e. The molecule has 1 aliphatic heterocycles. The molecule has 2 atom stereocenters. The molecule has 0 bridgehead atoms. The molecule has 0 aromatic heterocycles. The molecule has 7 heteroatoms. The summed E-state index contributed by atoms with van der Waals surface area (Å²) in [7, 11) is -1.28. The monoisotopic (exact) mass is 332 g/mol. The lowest BCUT2D eigenvalue weighted by Gasteiger charge is -2.37. The van der Waals surface area contributed by atoms with Crippen molar-refractivity contribution in [2.75, 3.05) is 46.0 Å². The van der Waals surface area contributed by atoms with Crippen molar-refractivity contribution in [1.82, 2.24) is 14.5 Å². The first-order valence-electron chi connectivity index (χ1n) is 8.18. The Morgan fingerprint density at radius 2 is 1.91 bits per heavy atom. The molecule has 130 valence electrons. The van der Waals surface area contributed by atoms with Crippen molar-refractivity contribution in [3.63, 3.8) is 0 Å². The van der Waals surface area contributed by atoms with Gasteiger partial charge in [-0.25, -0.2) is 12.7 Å². The highest BCUT2D eigenvalue weighted by Gasteiger charge is 2.23. The zero-order valence-electron chi connectivity index (χ0n) is 14.7. The highest BCUT2D eigenvalue weighted by atomic mass is 32.2. The Kier molecular flexibility index (Phi) is 7.62. The standard InChI is InChI=1S/C15H32N4O2S/c1-6-19(22(5,20)21)9-7-8-17-15(16-4)18-11-13(2)10-14(3)12-18/h13-14H,6-12H2,1-5H3,(H,16,17). The van der Waals surface area contributed by atoms with Crippen LogP contribution in [0.5, 0.6) is 0 Å². The number of guanidine groups is 1. The van der Waals surface area contributed by atoms with Crippen LogP contribution in [0.2, 0.25) is 0 Å². The minimum atomic E-state index is -3.09. The molecule has 0 aromatic carbocycles. The Morgan fingerprint density at radius 1 is 1.32 bits per heavy atom. The first kappa shape index (κ1) is 19.2. The zero-order valence-corrected chi connectivity index (χ0v) is 15.5. The third kappa shape index (κ3) is 6.12. The lowest BCUT2D eigenvalue weighted by atomic mass is 9.92. The molecule has 0 saturated carbocycles. The van der Waals surface area contributed by atoms with E-state index in [1.807, 2.05) is 6.92 Å². The van der Waals surface area contributed by atoms with Crippen molar-refractivity contribution in [3.05, 3.63) is 0 Å². The number of likely N-dealkylation sites (tertiary alicyclic amines) is 1. The summed E-state index contributed by atoms with van der Waals surface area (Å²) in [6, 6.07) is 0. The predicted molar refractivity (Wildman–Crippen MR) is 92.6 cm³/mol. The molecule has 1 heterocycles. The van der Waals surface area contributed by atoms with Gasteiger partial charge in [-0.1, -0.05) is 20.8 Å². The second-order valence-electron chi connectivity index (χ2n) is 6.43. The molecule has 1 rings (SSSR count). The molecule has 1 aliphatic rings. The summed E-state index contributed by atoms with van der Waals surface area (Å²) in [6.45, 7) is 10.3. The molecule has 1 saturated heterocycles. The average Bonchev–Trinajstić information content (AvgIpc) is 2.40. The number of piperidine rings is 1. The number of hydrogen-bond donors (Lipinski definition) is 1. The van der Waals surface area contributed by atoms with Gasteiger partial charge < -0.3 is 10.2 Å². The van der Waals surface area contributed by atoms with Gasteiger partial charge >= 0.3 is 0 Å². The van der Waals surface area contributed by atoms with Crippen molar-refractivity contribution >= 4 is 16.0 Å². The van der Waals surface area contributed by atoms with Crippen LogP contribution < -0.4 is 5.32 Å². The fraction of sp³-hybridized carbons (Fsp3) is 0.933. The molecular formula is C15H32N4O2S. The summed E-state index contributed by atoms with van der Waals surface area (Å²) in [4.78, 5) is 6.68. The van der Waals surface area contributed by atoms with Crippen LogP contribution in [0.25, 0.3) is 0 Å². The highest BCUT2D eigenvalue weighted by molar-refractivity contribution is 7.88. The van der Waals surface area contributed by atoms with Crippen molar-refractivity contribution < 1.29 is 8.42 Å². The van der Waals surface area contributed by atoms with E-state index < -0.39 is 10.0 Å². The molecule has 0 aromatic rings. The van der Waals surface area contributed by atoms with Gasteiger partial charge in [-0.15, -0.1) is 0 Å². The van der Waals surface area contributed by atoms with E-state index in [4.69, 9.17) is 0 Å². The molecule has 0 spiro atoms. The second kappa shape index (κ2) is 8.72. The molecule has 1 N–H and O–H groups in total. The number of aliphatic imine (C=N–C) groups is 1. The second-order valence-corrected chi connectivity index (χ2v) is 8.42. The van der Waals surface area contributed by atoms with E-state index in [0.717, 1.165) is 32.0 Å². The van der Waals surface area contributed by atoms with Crippen molar-refractivity contribution in [3.8, 4) is 0 Å². The Morgan fingerprint density at radius 3 is 2.36 bits per heavy atom. The van der Waals surface area contributed by atoms with Gasteiger partial charge in [0, 0.05) is 39.8 Å². The number of nitrogens with zero attached hydrogens (tertiary/aromatic N) is 3. The van der Waals surface area contributed by atoms with Crippen LogP contribution in [0.4, 0.5) is 0 Å². The zero-order chi connectivity index (χ0) is 16.8. The van der Waals surface area contributed by atoms with Gasteiger partial charge in [-0.3, -0.25) is 4.99 Å². The van der Waals surface area contributed by atoms with Crippen LogP contribution in [0.1, 0.15) is 33.6 Å². The van der Waals surface area contributed by atoms with Gasteiger partial charge in [0.25, 0.3) is 0 Å². The smallest absolute Gasteiger partial charge is 0.211 e. The van der Waals surface area contributed by atoms with Crippen molar-refractivity contribution in [1.29, 1.82) is 0 Å². The molecule has 0 radical (unpaired) electrons. The first-order chi connectivity index (χ1) is 10.3. The lowest BCUT2D eigenvalue weighted by Crippen LogP contribution is -2.48. The SMILES string of the molecule is CCN(CCCNC(=NC)N1CC(C)CC(C)C1)S(C)(=O)=O. The van der Waals surface area contributed by atoms with E-state index in [9.17, 15) is 8.42 Å². The normalized spacial score (nSPS) is 23.9. The van der Waals surface area contributed by atoms with Gasteiger partial charge in [-0.05, 0) is 24.7 Å². The van der Waals surface area contributed by atoms with E-state index in [-0.39, 0.29) is 0 Å². The molecule has 0 aliphatic carbocycles. The van der Waals surface area contributed by atoms with E-state index in [0.29, 0.717) is 24.9 Å². The van der Waals surface area contributed by atoms with Gasteiger partial charge in [0.1, 0.15) is 0 Å². The molecule has 2 unspecified atom stereocenters. The van der Waals surface area contributed by atoms with E-state index in [2.05, 4.69) is 29.1 Å². The number of hydrogen-bond acceptors (Lipinski definition) is 3. The third-order valence-corrected chi connectivity index (χ3v) is 5.45.